The quantitative estimate of drug-likeness (QED) is 0.417. The molecule has 0 aromatic heterocycles. The number of likely N-dealkylation sites (tertiary alicyclic amines) is 1. The normalized spacial score (nSPS) is 16.6. The summed E-state index contributed by atoms with van der Waals surface area (Å²) in [6.07, 6.45) is 6.64. The average molecular weight is 535 g/mol. The van der Waals surface area contributed by atoms with Gasteiger partial charge in [-0.1, -0.05) is 62.6 Å². The van der Waals surface area contributed by atoms with Crippen molar-refractivity contribution in [3.8, 4) is 5.75 Å². The number of anilines is 1. The summed E-state index contributed by atoms with van der Waals surface area (Å²) in [5, 5.41) is 2.97. The molecule has 0 bridgehead atoms. The number of methoxy groups -OCH3 is 1. The summed E-state index contributed by atoms with van der Waals surface area (Å²) < 4.78 is 5.40. The van der Waals surface area contributed by atoms with Crippen molar-refractivity contribution in [2.24, 2.45) is 0 Å². The topological polar surface area (TPSA) is 82.2 Å². The highest BCUT2D eigenvalue weighted by Crippen LogP contribution is 2.39. The summed E-state index contributed by atoms with van der Waals surface area (Å²) in [6.45, 7) is 4.10. The maximum absolute atomic E-state index is 13.9. The number of rotatable bonds is 12. The van der Waals surface area contributed by atoms with Crippen LogP contribution in [0.2, 0.25) is 0 Å². The van der Waals surface area contributed by atoms with Crippen molar-refractivity contribution in [1.29, 1.82) is 0 Å². The number of ether oxygens (including phenoxy) is 1. The first-order chi connectivity index (χ1) is 19.0. The van der Waals surface area contributed by atoms with Crippen molar-refractivity contribution >= 4 is 23.4 Å². The third-order valence-electron chi connectivity index (χ3n) is 8.01. The van der Waals surface area contributed by atoms with Gasteiger partial charge in [0.1, 0.15) is 17.8 Å². The predicted molar refractivity (Wildman–Crippen MR) is 153 cm³/mol. The fraction of sp³-hybridized carbons (Fsp3) is 0.516. The number of nitrogens with one attached hydrogen (secondary N) is 1. The number of unbranched alkanes of at least 4 members (excludes halogenated alkanes) is 3. The van der Waals surface area contributed by atoms with Gasteiger partial charge in [0.05, 0.1) is 13.8 Å². The van der Waals surface area contributed by atoms with Crippen LogP contribution in [-0.4, -0.2) is 73.0 Å². The molecule has 2 fully saturated rings. The second kappa shape index (κ2) is 13.5. The molecule has 2 heterocycles. The van der Waals surface area contributed by atoms with E-state index >= 15 is 0 Å². The largest absolute Gasteiger partial charge is 0.496 e. The maximum atomic E-state index is 13.9. The van der Waals surface area contributed by atoms with Crippen molar-refractivity contribution in [2.45, 2.75) is 63.8 Å². The molecule has 0 saturated carbocycles. The van der Waals surface area contributed by atoms with Crippen LogP contribution in [0, 0.1) is 0 Å². The van der Waals surface area contributed by atoms with Gasteiger partial charge < -0.3 is 24.8 Å². The second-order valence-corrected chi connectivity index (χ2v) is 10.5. The van der Waals surface area contributed by atoms with Crippen molar-refractivity contribution in [1.82, 2.24) is 15.1 Å². The Labute approximate surface area is 232 Å². The van der Waals surface area contributed by atoms with Crippen LogP contribution in [0.5, 0.6) is 5.75 Å². The molecular formula is C31H42N4O4. The number of hydrogen-bond acceptors (Lipinski definition) is 5. The molecule has 39 heavy (non-hydrogen) atoms. The summed E-state index contributed by atoms with van der Waals surface area (Å²) in [5.74, 6) is 0.779. The van der Waals surface area contributed by atoms with Crippen molar-refractivity contribution in [2.75, 3.05) is 44.9 Å². The van der Waals surface area contributed by atoms with Gasteiger partial charge in [-0.15, -0.1) is 0 Å². The van der Waals surface area contributed by atoms with Gasteiger partial charge in [0.15, 0.2) is 0 Å². The molecule has 8 nitrogen and oxygen atoms in total. The van der Waals surface area contributed by atoms with E-state index in [2.05, 4.69) is 17.1 Å². The van der Waals surface area contributed by atoms with Crippen molar-refractivity contribution < 1.29 is 19.1 Å². The number of para-hydroxylation sites is 2. The maximum Gasteiger partial charge on any atom is 0.250 e. The molecule has 0 unspecified atom stereocenters. The molecule has 8 heteroatoms. The van der Waals surface area contributed by atoms with Crippen LogP contribution >= 0.6 is 0 Å². The minimum Gasteiger partial charge on any atom is -0.496 e. The first-order valence-electron chi connectivity index (χ1n) is 14.3. The molecule has 2 aliphatic heterocycles. The lowest BCUT2D eigenvalue weighted by atomic mass is 9.85. The van der Waals surface area contributed by atoms with Crippen LogP contribution in [0.4, 0.5) is 5.69 Å². The Morgan fingerprint density at radius 3 is 2.41 bits per heavy atom. The Balaban J connectivity index is 1.38. The Morgan fingerprint density at radius 2 is 1.69 bits per heavy atom. The summed E-state index contributed by atoms with van der Waals surface area (Å²) in [6, 6.07) is 17.7. The number of nitrogens with zero attached hydrogens (tertiary/aromatic N) is 3. The Morgan fingerprint density at radius 1 is 0.974 bits per heavy atom. The second-order valence-electron chi connectivity index (χ2n) is 10.5. The van der Waals surface area contributed by atoms with Crippen molar-refractivity contribution in [3.05, 3.63) is 60.2 Å². The van der Waals surface area contributed by atoms with Crippen LogP contribution in [0.1, 0.15) is 57.4 Å². The Hall–Kier alpha value is -3.55. The highest BCUT2D eigenvalue weighted by Gasteiger charge is 2.54. The van der Waals surface area contributed by atoms with E-state index in [1.54, 1.807) is 12.0 Å². The number of carbonyl (C=O) groups excluding carboxylic acids is 3. The van der Waals surface area contributed by atoms with Gasteiger partial charge >= 0.3 is 0 Å². The average Bonchev–Trinajstić information content (AvgIpc) is 3.22. The number of amides is 3. The monoisotopic (exact) mass is 534 g/mol. The molecule has 1 N–H and O–H groups in total. The minimum absolute atomic E-state index is 0.00984. The van der Waals surface area contributed by atoms with Crippen LogP contribution in [-0.2, 0) is 20.8 Å². The summed E-state index contributed by atoms with van der Waals surface area (Å²) in [5.41, 5.74) is 1.25. The number of benzene rings is 2. The fourth-order valence-corrected chi connectivity index (χ4v) is 5.78. The fourth-order valence-electron chi connectivity index (χ4n) is 5.78. The molecule has 1 spiro atoms. The van der Waals surface area contributed by atoms with E-state index in [0.717, 1.165) is 42.7 Å². The first-order valence-corrected chi connectivity index (χ1v) is 14.3. The zero-order valence-corrected chi connectivity index (χ0v) is 23.4. The van der Waals surface area contributed by atoms with Crippen LogP contribution in [0.25, 0.3) is 0 Å². The minimum atomic E-state index is -0.738. The molecule has 0 atom stereocenters. The Bertz CT molecular complexity index is 1110. The standard InChI is InChI=1S/C31H42N4O4/c1-3-4-5-9-16-29(37)33-21-18-31(19-22-33)30(38)34(24-35(31)26-13-7-6-8-14-26)23-28(36)32-20-17-25-12-10-11-15-27(25)39-2/h6-8,10-15H,3-5,9,16-24H2,1-2H3,(H,32,36). The van der Waals surface area contributed by atoms with Crippen LogP contribution < -0.4 is 15.0 Å². The summed E-state index contributed by atoms with van der Waals surface area (Å²) in [4.78, 5) is 45.3. The van der Waals surface area contributed by atoms with E-state index in [1.165, 1.54) is 0 Å². The van der Waals surface area contributed by atoms with Crippen molar-refractivity contribution in [3.63, 3.8) is 0 Å². The first kappa shape index (κ1) is 28.5. The molecular weight excluding hydrogens is 492 g/mol. The van der Waals surface area contributed by atoms with Gasteiger partial charge in [-0.25, -0.2) is 0 Å². The number of carbonyl (C=O) groups is 3. The number of piperidine rings is 1. The molecule has 2 aromatic carbocycles. The molecule has 2 aliphatic rings. The summed E-state index contributed by atoms with van der Waals surface area (Å²) in [7, 11) is 1.64. The van der Waals surface area contributed by atoms with E-state index in [-0.39, 0.29) is 24.3 Å². The van der Waals surface area contributed by atoms with Gasteiger partial charge in [0.2, 0.25) is 11.8 Å². The van der Waals surface area contributed by atoms with E-state index < -0.39 is 5.54 Å². The van der Waals surface area contributed by atoms with Gasteiger partial charge in [-0.2, -0.15) is 0 Å². The zero-order chi connectivity index (χ0) is 27.7. The highest BCUT2D eigenvalue weighted by atomic mass is 16.5. The SMILES string of the molecule is CCCCCCC(=O)N1CCC2(CC1)C(=O)N(CC(=O)NCCc1ccccc1OC)CN2c1ccccc1. The van der Waals surface area contributed by atoms with Gasteiger partial charge in [-0.05, 0) is 49.4 Å². The van der Waals surface area contributed by atoms with E-state index in [1.807, 2.05) is 59.5 Å². The van der Waals surface area contributed by atoms with Crippen LogP contribution in [0.15, 0.2) is 54.6 Å². The van der Waals surface area contributed by atoms with Gasteiger partial charge in [0, 0.05) is 31.7 Å². The molecule has 210 valence electrons. The molecule has 4 rings (SSSR count). The lowest BCUT2D eigenvalue weighted by Gasteiger charge is -2.43. The summed E-state index contributed by atoms with van der Waals surface area (Å²) >= 11 is 0. The van der Waals surface area contributed by atoms with Gasteiger partial charge in [-0.3, -0.25) is 14.4 Å². The Kier molecular flexibility index (Phi) is 9.85. The van der Waals surface area contributed by atoms with E-state index in [0.29, 0.717) is 52.0 Å². The van der Waals surface area contributed by atoms with Crippen LogP contribution in [0.3, 0.4) is 0 Å². The number of hydrogen-bond donors (Lipinski definition) is 1. The van der Waals surface area contributed by atoms with E-state index in [4.69, 9.17) is 4.74 Å². The lowest BCUT2D eigenvalue weighted by Crippen LogP contribution is -2.57. The molecule has 3 amide bonds. The third kappa shape index (κ3) is 6.72. The molecule has 0 radical (unpaired) electrons. The third-order valence-corrected chi connectivity index (χ3v) is 8.01. The molecule has 2 saturated heterocycles. The molecule has 0 aliphatic carbocycles. The zero-order valence-electron chi connectivity index (χ0n) is 23.4. The predicted octanol–water partition coefficient (Wildman–Crippen LogP) is 3.99. The highest BCUT2D eigenvalue weighted by molar-refractivity contribution is 5.96. The lowest BCUT2D eigenvalue weighted by molar-refractivity contribution is -0.140. The molecule has 2 aromatic rings. The van der Waals surface area contributed by atoms with Gasteiger partial charge in [0.25, 0.3) is 5.91 Å². The van der Waals surface area contributed by atoms with E-state index in [9.17, 15) is 14.4 Å². The smallest absolute Gasteiger partial charge is 0.250 e.